The van der Waals surface area contributed by atoms with Gasteiger partial charge in [-0.1, -0.05) is 65.7 Å². The number of carbonyl (C=O) groups excluding carboxylic acids is 2. The minimum absolute atomic E-state index is 0.104. The van der Waals surface area contributed by atoms with Gasteiger partial charge in [0, 0.05) is 27.7 Å². The van der Waals surface area contributed by atoms with E-state index in [1.54, 1.807) is 36.4 Å². The molecule has 1 aliphatic rings. The van der Waals surface area contributed by atoms with Crippen LogP contribution < -0.4 is 0 Å². The maximum atomic E-state index is 14.4. The zero-order valence-corrected chi connectivity index (χ0v) is 20.9. The Balaban J connectivity index is 1.50. The third kappa shape index (κ3) is 4.49. The molecule has 4 aromatic rings. The lowest BCUT2D eigenvalue weighted by Crippen LogP contribution is -2.27. The molecule has 0 atom stereocenters. The van der Waals surface area contributed by atoms with Crippen LogP contribution in [0.2, 0.25) is 10.0 Å². The Morgan fingerprint density at radius 2 is 1.69 bits per heavy atom. The molecule has 4 nitrogen and oxygen atoms in total. The van der Waals surface area contributed by atoms with E-state index < -0.39 is 0 Å². The third-order valence-electron chi connectivity index (χ3n) is 6.04. The van der Waals surface area contributed by atoms with Gasteiger partial charge in [-0.15, -0.1) is 0 Å². The summed E-state index contributed by atoms with van der Waals surface area (Å²) in [5.41, 5.74) is 3.92. The van der Waals surface area contributed by atoms with Crippen molar-refractivity contribution in [1.29, 1.82) is 0 Å². The maximum Gasteiger partial charge on any atom is 0.293 e. The van der Waals surface area contributed by atoms with Gasteiger partial charge >= 0.3 is 0 Å². The number of para-hydroxylation sites is 1. The molecule has 3 aromatic carbocycles. The molecular weight excluding hydrogens is 506 g/mol. The van der Waals surface area contributed by atoms with Crippen molar-refractivity contribution in [3.63, 3.8) is 0 Å². The fraction of sp³-hybridized carbons (Fsp3) is 0.111. The number of amides is 2. The van der Waals surface area contributed by atoms with E-state index in [4.69, 9.17) is 23.2 Å². The van der Waals surface area contributed by atoms with E-state index in [1.807, 2.05) is 41.8 Å². The standard InChI is InChI=1S/C27H19Cl2FN2O2S/c1-16-20(19-7-3-5-9-24(19)31(16)15-18-6-2-4-8-23(18)30)13-25-26(33)32(27(34)35-25)14-17-10-11-21(28)22(29)12-17/h2-13H,14-15H2,1H3/b25-13+. The van der Waals surface area contributed by atoms with Crippen LogP contribution in [0.3, 0.4) is 0 Å². The van der Waals surface area contributed by atoms with Crippen molar-refractivity contribution in [2.45, 2.75) is 20.0 Å². The Bertz CT molecular complexity index is 1530. The number of fused-ring (bicyclic) bond motifs is 1. The van der Waals surface area contributed by atoms with E-state index in [9.17, 15) is 14.0 Å². The Hall–Kier alpha value is -3.06. The van der Waals surface area contributed by atoms with Gasteiger partial charge in [-0.3, -0.25) is 14.5 Å². The SMILES string of the molecule is Cc1c(/C=C2/SC(=O)N(Cc3ccc(Cl)c(Cl)c3)C2=O)c2ccccc2n1Cc1ccccc1F. The van der Waals surface area contributed by atoms with E-state index >= 15 is 0 Å². The average molecular weight is 525 g/mol. The molecule has 5 rings (SSSR count). The number of imide groups is 1. The highest BCUT2D eigenvalue weighted by Gasteiger charge is 2.35. The highest BCUT2D eigenvalue weighted by atomic mass is 35.5. The molecule has 35 heavy (non-hydrogen) atoms. The minimum Gasteiger partial charge on any atom is -0.340 e. The summed E-state index contributed by atoms with van der Waals surface area (Å²) in [5.74, 6) is -0.633. The molecule has 1 fully saturated rings. The highest BCUT2D eigenvalue weighted by Crippen LogP contribution is 2.37. The van der Waals surface area contributed by atoms with E-state index in [0.717, 1.165) is 33.9 Å². The fourth-order valence-corrected chi connectivity index (χ4v) is 5.37. The molecule has 1 aromatic heterocycles. The van der Waals surface area contributed by atoms with Crippen molar-refractivity contribution in [2.75, 3.05) is 0 Å². The number of benzene rings is 3. The average Bonchev–Trinajstić information content (AvgIpc) is 3.26. The van der Waals surface area contributed by atoms with E-state index in [1.165, 1.54) is 11.0 Å². The van der Waals surface area contributed by atoms with Crippen LogP contribution in [0.1, 0.15) is 22.4 Å². The quantitative estimate of drug-likeness (QED) is 0.251. The third-order valence-corrected chi connectivity index (χ3v) is 7.69. The number of aromatic nitrogens is 1. The Kier molecular flexibility index (Phi) is 6.45. The van der Waals surface area contributed by atoms with Crippen LogP contribution in [0.5, 0.6) is 0 Å². The first-order chi connectivity index (χ1) is 16.8. The van der Waals surface area contributed by atoms with Crippen molar-refractivity contribution in [2.24, 2.45) is 0 Å². The Labute approximate surface area is 215 Å². The van der Waals surface area contributed by atoms with Gasteiger partial charge in [-0.25, -0.2) is 4.39 Å². The van der Waals surface area contributed by atoms with Gasteiger partial charge in [-0.2, -0.15) is 0 Å². The Morgan fingerprint density at radius 1 is 0.943 bits per heavy atom. The van der Waals surface area contributed by atoms with Gasteiger partial charge in [-0.05, 0) is 54.6 Å². The second kappa shape index (κ2) is 9.53. The summed E-state index contributed by atoms with van der Waals surface area (Å²) in [5, 5.41) is 1.36. The van der Waals surface area contributed by atoms with Crippen LogP contribution in [0.25, 0.3) is 17.0 Å². The van der Waals surface area contributed by atoms with Gasteiger partial charge in [0.2, 0.25) is 0 Å². The first kappa shape index (κ1) is 23.7. The predicted octanol–water partition coefficient (Wildman–Crippen LogP) is 7.68. The van der Waals surface area contributed by atoms with Crippen LogP contribution >= 0.6 is 35.0 Å². The number of thioether (sulfide) groups is 1. The molecule has 2 amide bonds. The topological polar surface area (TPSA) is 42.3 Å². The van der Waals surface area contributed by atoms with Crippen LogP contribution in [0.4, 0.5) is 9.18 Å². The van der Waals surface area contributed by atoms with Crippen LogP contribution in [0.15, 0.2) is 71.6 Å². The first-order valence-corrected chi connectivity index (χ1v) is 12.4. The molecule has 0 saturated carbocycles. The number of halogens is 3. The molecule has 1 saturated heterocycles. The number of rotatable bonds is 5. The smallest absolute Gasteiger partial charge is 0.293 e. The lowest BCUT2D eigenvalue weighted by atomic mass is 10.1. The van der Waals surface area contributed by atoms with E-state index in [-0.39, 0.29) is 23.5 Å². The maximum absolute atomic E-state index is 14.4. The summed E-state index contributed by atoms with van der Waals surface area (Å²) in [6.45, 7) is 2.39. The summed E-state index contributed by atoms with van der Waals surface area (Å²) < 4.78 is 16.4. The van der Waals surface area contributed by atoms with Gasteiger partial charge in [0.05, 0.1) is 28.0 Å². The molecule has 0 N–H and O–H groups in total. The van der Waals surface area contributed by atoms with Crippen LogP contribution in [-0.2, 0) is 17.9 Å². The zero-order valence-electron chi connectivity index (χ0n) is 18.6. The van der Waals surface area contributed by atoms with Crippen LogP contribution in [-0.4, -0.2) is 20.6 Å². The van der Waals surface area contributed by atoms with Crippen molar-refractivity contribution < 1.29 is 14.0 Å². The van der Waals surface area contributed by atoms with Crippen molar-refractivity contribution in [3.05, 3.63) is 110 Å². The van der Waals surface area contributed by atoms with Gasteiger partial charge in [0.15, 0.2) is 0 Å². The predicted molar refractivity (Wildman–Crippen MR) is 140 cm³/mol. The summed E-state index contributed by atoms with van der Waals surface area (Å²) >= 11 is 13.0. The van der Waals surface area contributed by atoms with Gasteiger partial charge in [0.25, 0.3) is 11.1 Å². The lowest BCUT2D eigenvalue weighted by molar-refractivity contribution is -0.123. The molecule has 1 aliphatic heterocycles. The molecule has 2 heterocycles. The molecule has 0 radical (unpaired) electrons. The number of hydrogen-bond donors (Lipinski definition) is 0. The first-order valence-electron chi connectivity index (χ1n) is 10.8. The van der Waals surface area contributed by atoms with Crippen molar-refractivity contribution >= 4 is 63.1 Å². The van der Waals surface area contributed by atoms with Gasteiger partial charge < -0.3 is 4.57 Å². The summed E-state index contributed by atoms with van der Waals surface area (Å²) in [7, 11) is 0. The molecule has 0 unspecified atom stereocenters. The molecule has 0 bridgehead atoms. The number of carbonyl (C=O) groups is 2. The normalized spacial score (nSPS) is 15.1. The molecule has 176 valence electrons. The second-order valence-corrected chi connectivity index (χ2v) is 10.0. The molecular formula is C27H19Cl2FN2O2S. The van der Waals surface area contributed by atoms with E-state index in [0.29, 0.717) is 32.6 Å². The Morgan fingerprint density at radius 3 is 2.46 bits per heavy atom. The largest absolute Gasteiger partial charge is 0.340 e. The fourth-order valence-electron chi connectivity index (χ4n) is 4.23. The minimum atomic E-state index is -0.364. The summed E-state index contributed by atoms with van der Waals surface area (Å²) in [6, 6.07) is 19.5. The molecule has 0 spiro atoms. The lowest BCUT2D eigenvalue weighted by Gasteiger charge is -2.13. The molecule has 8 heteroatoms. The molecule has 0 aliphatic carbocycles. The number of nitrogens with zero attached hydrogens (tertiary/aromatic N) is 2. The van der Waals surface area contributed by atoms with Crippen LogP contribution in [0, 0.1) is 12.7 Å². The van der Waals surface area contributed by atoms with Crippen molar-refractivity contribution in [1.82, 2.24) is 9.47 Å². The monoisotopic (exact) mass is 524 g/mol. The highest BCUT2D eigenvalue weighted by molar-refractivity contribution is 8.18. The van der Waals surface area contributed by atoms with Crippen molar-refractivity contribution in [3.8, 4) is 0 Å². The zero-order chi connectivity index (χ0) is 24.7. The summed E-state index contributed by atoms with van der Waals surface area (Å²) in [4.78, 5) is 27.4. The summed E-state index contributed by atoms with van der Waals surface area (Å²) in [6.07, 6.45) is 1.76. The second-order valence-electron chi connectivity index (χ2n) is 8.21. The number of hydrogen-bond acceptors (Lipinski definition) is 3. The van der Waals surface area contributed by atoms with E-state index in [2.05, 4.69) is 0 Å². The van der Waals surface area contributed by atoms with Gasteiger partial charge in [0.1, 0.15) is 5.82 Å².